The second-order valence-corrected chi connectivity index (χ2v) is 4.28. The first-order valence-electron chi connectivity index (χ1n) is 4.58. The van der Waals surface area contributed by atoms with Crippen LogP contribution in [0.5, 0.6) is 0 Å². The summed E-state index contributed by atoms with van der Waals surface area (Å²) >= 11 is 3.54. The van der Waals surface area contributed by atoms with Crippen molar-refractivity contribution >= 4 is 15.9 Å². The lowest BCUT2D eigenvalue weighted by Crippen LogP contribution is -2.09. The number of hydrogen-bond donors (Lipinski definition) is 1. The Balaban J connectivity index is 3.13. The molecule has 1 unspecified atom stereocenters. The summed E-state index contributed by atoms with van der Waals surface area (Å²) < 4.78 is 1.19. The van der Waals surface area contributed by atoms with Crippen LogP contribution in [0, 0.1) is 13.8 Å². The molecule has 1 aromatic carbocycles. The SMILES string of the molecule is CCC(N)c1cc(C)c(Br)c(C)c1. The first kappa shape index (κ1) is 10.7. The van der Waals surface area contributed by atoms with Crippen molar-refractivity contribution in [3.05, 3.63) is 33.3 Å². The molecule has 0 aromatic heterocycles. The van der Waals surface area contributed by atoms with E-state index in [9.17, 15) is 0 Å². The Kier molecular flexibility index (Phi) is 3.51. The lowest BCUT2D eigenvalue weighted by molar-refractivity contribution is 0.697. The van der Waals surface area contributed by atoms with Crippen molar-refractivity contribution in [2.45, 2.75) is 33.2 Å². The molecular weight excluding hydrogens is 226 g/mol. The fraction of sp³-hybridized carbons (Fsp3) is 0.455. The van der Waals surface area contributed by atoms with Crippen molar-refractivity contribution in [2.75, 3.05) is 0 Å². The third kappa shape index (κ3) is 2.32. The van der Waals surface area contributed by atoms with E-state index >= 15 is 0 Å². The molecule has 1 rings (SSSR count). The number of benzene rings is 1. The number of nitrogens with two attached hydrogens (primary N) is 1. The van der Waals surface area contributed by atoms with Gasteiger partial charge in [-0.15, -0.1) is 0 Å². The van der Waals surface area contributed by atoms with E-state index in [0.29, 0.717) is 0 Å². The van der Waals surface area contributed by atoms with Crippen molar-refractivity contribution in [1.82, 2.24) is 0 Å². The molecule has 72 valence electrons. The van der Waals surface area contributed by atoms with Gasteiger partial charge in [0.1, 0.15) is 0 Å². The van der Waals surface area contributed by atoms with Gasteiger partial charge in [-0.05, 0) is 37.0 Å². The standard InChI is InChI=1S/C11H16BrN/c1-4-10(13)9-5-7(2)11(12)8(3)6-9/h5-6,10H,4,13H2,1-3H3. The highest BCUT2D eigenvalue weighted by Crippen LogP contribution is 2.25. The molecule has 0 saturated heterocycles. The second-order valence-electron chi connectivity index (χ2n) is 3.48. The maximum atomic E-state index is 5.97. The molecule has 0 fully saturated rings. The van der Waals surface area contributed by atoms with Crippen molar-refractivity contribution in [1.29, 1.82) is 0 Å². The predicted octanol–water partition coefficient (Wildman–Crippen LogP) is 3.48. The highest BCUT2D eigenvalue weighted by molar-refractivity contribution is 9.10. The third-order valence-corrected chi connectivity index (χ3v) is 3.58. The molecule has 1 aromatic rings. The van der Waals surface area contributed by atoms with Gasteiger partial charge in [0.2, 0.25) is 0 Å². The first-order valence-corrected chi connectivity index (χ1v) is 5.37. The average molecular weight is 242 g/mol. The largest absolute Gasteiger partial charge is 0.324 e. The van der Waals surface area contributed by atoms with E-state index in [-0.39, 0.29) is 6.04 Å². The van der Waals surface area contributed by atoms with Crippen molar-refractivity contribution in [2.24, 2.45) is 5.73 Å². The van der Waals surface area contributed by atoms with Crippen LogP contribution in [0.4, 0.5) is 0 Å². The minimum Gasteiger partial charge on any atom is -0.324 e. The molecule has 0 aliphatic carbocycles. The first-order chi connectivity index (χ1) is 6.06. The smallest absolute Gasteiger partial charge is 0.0292 e. The summed E-state index contributed by atoms with van der Waals surface area (Å²) in [6.07, 6.45) is 0.987. The number of aryl methyl sites for hydroxylation is 2. The van der Waals surface area contributed by atoms with Crippen LogP contribution in [0.2, 0.25) is 0 Å². The fourth-order valence-electron chi connectivity index (χ4n) is 1.43. The molecule has 0 aliphatic heterocycles. The maximum Gasteiger partial charge on any atom is 0.0292 e. The lowest BCUT2D eigenvalue weighted by atomic mass is 10.0. The zero-order chi connectivity index (χ0) is 10.0. The van der Waals surface area contributed by atoms with Gasteiger partial charge in [0.15, 0.2) is 0 Å². The summed E-state index contributed by atoms with van der Waals surface area (Å²) in [7, 11) is 0. The Bertz CT molecular complexity index is 284. The van der Waals surface area contributed by atoms with Gasteiger partial charge in [-0.2, -0.15) is 0 Å². The highest BCUT2D eigenvalue weighted by atomic mass is 79.9. The van der Waals surface area contributed by atoms with E-state index in [2.05, 4.69) is 48.8 Å². The molecule has 1 nitrogen and oxygen atoms in total. The summed E-state index contributed by atoms with van der Waals surface area (Å²) in [5, 5.41) is 0. The van der Waals surface area contributed by atoms with Crippen molar-refractivity contribution < 1.29 is 0 Å². The van der Waals surface area contributed by atoms with Crippen LogP contribution in [0.15, 0.2) is 16.6 Å². The molecule has 13 heavy (non-hydrogen) atoms. The third-order valence-electron chi connectivity index (χ3n) is 2.33. The summed E-state index contributed by atoms with van der Waals surface area (Å²) in [5.74, 6) is 0. The molecule has 0 amide bonds. The topological polar surface area (TPSA) is 26.0 Å². The number of rotatable bonds is 2. The van der Waals surface area contributed by atoms with Crippen LogP contribution in [-0.4, -0.2) is 0 Å². The molecule has 2 heteroatoms. The van der Waals surface area contributed by atoms with Gasteiger partial charge in [-0.3, -0.25) is 0 Å². The quantitative estimate of drug-likeness (QED) is 0.844. The average Bonchev–Trinajstić information content (AvgIpc) is 2.12. The van der Waals surface area contributed by atoms with Gasteiger partial charge in [-0.1, -0.05) is 35.0 Å². The van der Waals surface area contributed by atoms with Crippen LogP contribution in [0.25, 0.3) is 0 Å². The maximum absolute atomic E-state index is 5.97. The summed E-state index contributed by atoms with van der Waals surface area (Å²) in [6, 6.07) is 4.49. The van der Waals surface area contributed by atoms with Gasteiger partial charge in [0.05, 0.1) is 0 Å². The van der Waals surface area contributed by atoms with Crippen LogP contribution in [-0.2, 0) is 0 Å². The van der Waals surface area contributed by atoms with E-state index in [4.69, 9.17) is 5.73 Å². The van der Waals surface area contributed by atoms with Crippen molar-refractivity contribution in [3.63, 3.8) is 0 Å². The molecule has 0 radical (unpaired) electrons. The van der Waals surface area contributed by atoms with Crippen LogP contribution in [0.1, 0.15) is 36.1 Å². The lowest BCUT2D eigenvalue weighted by Gasteiger charge is -2.12. The summed E-state index contributed by atoms with van der Waals surface area (Å²) in [5.41, 5.74) is 9.73. The molecule has 0 aliphatic rings. The number of hydrogen-bond acceptors (Lipinski definition) is 1. The Morgan fingerprint density at radius 1 is 1.31 bits per heavy atom. The van der Waals surface area contributed by atoms with E-state index in [0.717, 1.165) is 6.42 Å². The fourth-order valence-corrected chi connectivity index (χ4v) is 1.66. The van der Waals surface area contributed by atoms with Crippen molar-refractivity contribution in [3.8, 4) is 0 Å². The Morgan fingerprint density at radius 3 is 2.15 bits per heavy atom. The van der Waals surface area contributed by atoms with Crippen LogP contribution >= 0.6 is 15.9 Å². The molecule has 0 spiro atoms. The van der Waals surface area contributed by atoms with E-state index in [1.165, 1.54) is 21.2 Å². The van der Waals surface area contributed by atoms with Gasteiger partial charge in [0, 0.05) is 10.5 Å². The Morgan fingerprint density at radius 2 is 1.77 bits per heavy atom. The van der Waals surface area contributed by atoms with Gasteiger partial charge < -0.3 is 5.73 Å². The molecule has 2 N–H and O–H groups in total. The molecule has 0 bridgehead atoms. The zero-order valence-corrected chi connectivity index (χ0v) is 9.98. The molecule has 0 saturated carbocycles. The van der Waals surface area contributed by atoms with E-state index in [1.54, 1.807) is 0 Å². The van der Waals surface area contributed by atoms with E-state index < -0.39 is 0 Å². The second kappa shape index (κ2) is 4.25. The van der Waals surface area contributed by atoms with Crippen LogP contribution < -0.4 is 5.73 Å². The molecular formula is C11H16BrN. The van der Waals surface area contributed by atoms with Gasteiger partial charge >= 0.3 is 0 Å². The van der Waals surface area contributed by atoms with Gasteiger partial charge in [0.25, 0.3) is 0 Å². The Hall–Kier alpha value is -0.340. The minimum atomic E-state index is 0.172. The highest BCUT2D eigenvalue weighted by Gasteiger charge is 2.07. The van der Waals surface area contributed by atoms with E-state index in [1.807, 2.05) is 0 Å². The summed E-state index contributed by atoms with van der Waals surface area (Å²) in [6.45, 7) is 6.31. The molecule has 1 atom stereocenters. The zero-order valence-electron chi connectivity index (χ0n) is 8.39. The molecule has 0 heterocycles. The minimum absolute atomic E-state index is 0.172. The Labute approximate surface area is 88.5 Å². The monoisotopic (exact) mass is 241 g/mol. The normalized spacial score (nSPS) is 13.0. The predicted molar refractivity (Wildman–Crippen MR) is 60.8 cm³/mol. The van der Waals surface area contributed by atoms with Gasteiger partial charge in [-0.25, -0.2) is 0 Å². The number of halogens is 1. The summed E-state index contributed by atoms with van der Waals surface area (Å²) in [4.78, 5) is 0. The van der Waals surface area contributed by atoms with Crippen LogP contribution in [0.3, 0.4) is 0 Å².